The van der Waals surface area contributed by atoms with E-state index < -0.39 is 0 Å². The predicted molar refractivity (Wildman–Crippen MR) is 87.5 cm³/mol. The Balaban J connectivity index is 1.88. The second-order valence-corrected chi connectivity index (χ2v) is 6.04. The van der Waals surface area contributed by atoms with E-state index in [1.165, 1.54) is 37.7 Å². The lowest BCUT2D eigenvalue weighted by atomic mass is 9.84. The van der Waals surface area contributed by atoms with Crippen molar-refractivity contribution in [2.75, 3.05) is 33.4 Å². The lowest BCUT2D eigenvalue weighted by molar-refractivity contribution is 0.196. The molecule has 0 heterocycles. The smallest absolute Gasteiger partial charge is 0.122 e. The summed E-state index contributed by atoms with van der Waals surface area (Å²) in [7, 11) is 1.71. The second-order valence-electron chi connectivity index (χ2n) is 5.61. The Hall–Kier alpha value is -0.770. The summed E-state index contributed by atoms with van der Waals surface area (Å²) in [5.41, 5.74) is 1.29. The van der Waals surface area contributed by atoms with E-state index in [1.807, 2.05) is 12.1 Å². The quantitative estimate of drug-likeness (QED) is 0.736. The summed E-state index contributed by atoms with van der Waals surface area (Å²) in [5, 5.41) is 4.10. The van der Waals surface area contributed by atoms with Crippen molar-refractivity contribution in [1.82, 2.24) is 5.32 Å². The maximum atomic E-state index is 6.17. The number of rotatable bonds is 8. The highest BCUT2D eigenvalue weighted by atomic mass is 35.5. The fraction of sp³-hybridized carbons (Fsp3) is 0.647. The molecular weight excluding hydrogens is 286 g/mol. The van der Waals surface area contributed by atoms with Crippen LogP contribution in [-0.2, 0) is 4.74 Å². The van der Waals surface area contributed by atoms with E-state index in [0.717, 1.165) is 30.5 Å². The topological polar surface area (TPSA) is 30.5 Å². The molecule has 1 fully saturated rings. The molecule has 0 atom stereocenters. The predicted octanol–water partition coefficient (Wildman–Crippen LogP) is 4.00. The number of hydrogen-bond donors (Lipinski definition) is 1. The first-order chi connectivity index (χ1) is 10.3. The van der Waals surface area contributed by atoms with Gasteiger partial charge in [-0.1, -0.05) is 30.9 Å². The fourth-order valence-corrected chi connectivity index (χ4v) is 3.10. The molecule has 0 spiro atoms. The lowest BCUT2D eigenvalue weighted by Gasteiger charge is -2.24. The van der Waals surface area contributed by atoms with E-state index in [0.29, 0.717) is 12.5 Å². The van der Waals surface area contributed by atoms with Crippen LogP contribution >= 0.6 is 11.6 Å². The van der Waals surface area contributed by atoms with E-state index in [1.54, 1.807) is 7.11 Å². The number of halogens is 1. The van der Waals surface area contributed by atoms with Crippen LogP contribution in [0.1, 0.15) is 43.6 Å². The molecule has 0 amide bonds. The van der Waals surface area contributed by atoms with Crippen LogP contribution in [0.4, 0.5) is 0 Å². The van der Waals surface area contributed by atoms with Crippen molar-refractivity contribution in [3.63, 3.8) is 0 Å². The van der Waals surface area contributed by atoms with Gasteiger partial charge in [-0.2, -0.15) is 0 Å². The first-order valence-electron chi connectivity index (χ1n) is 7.93. The fourth-order valence-electron chi connectivity index (χ4n) is 2.92. The highest BCUT2D eigenvalue weighted by Gasteiger charge is 2.19. The van der Waals surface area contributed by atoms with Crippen molar-refractivity contribution in [2.24, 2.45) is 0 Å². The number of nitrogens with one attached hydrogen (secondary N) is 1. The van der Waals surface area contributed by atoms with E-state index in [-0.39, 0.29) is 0 Å². The SMILES string of the molecule is COCCNCCOc1ccc(Cl)cc1C1CCCCC1. The van der Waals surface area contributed by atoms with Gasteiger partial charge in [0.15, 0.2) is 0 Å². The number of ether oxygens (including phenoxy) is 2. The van der Waals surface area contributed by atoms with Crippen LogP contribution in [0.5, 0.6) is 5.75 Å². The van der Waals surface area contributed by atoms with Crippen molar-refractivity contribution in [2.45, 2.75) is 38.0 Å². The third kappa shape index (κ3) is 5.50. The molecule has 0 saturated heterocycles. The minimum absolute atomic E-state index is 0.605. The maximum Gasteiger partial charge on any atom is 0.122 e. The van der Waals surface area contributed by atoms with Crippen molar-refractivity contribution in [3.8, 4) is 5.75 Å². The van der Waals surface area contributed by atoms with Crippen LogP contribution in [0.25, 0.3) is 0 Å². The van der Waals surface area contributed by atoms with Gasteiger partial charge >= 0.3 is 0 Å². The molecule has 0 unspecified atom stereocenters. The van der Waals surface area contributed by atoms with Gasteiger partial charge in [-0.25, -0.2) is 0 Å². The third-order valence-corrected chi connectivity index (χ3v) is 4.27. The van der Waals surface area contributed by atoms with E-state index in [2.05, 4.69) is 11.4 Å². The van der Waals surface area contributed by atoms with Crippen LogP contribution in [-0.4, -0.2) is 33.4 Å². The van der Waals surface area contributed by atoms with Gasteiger partial charge in [-0.3, -0.25) is 0 Å². The van der Waals surface area contributed by atoms with Gasteiger partial charge in [0.05, 0.1) is 6.61 Å². The first-order valence-corrected chi connectivity index (χ1v) is 8.31. The molecule has 118 valence electrons. The first kappa shape index (κ1) is 16.6. The molecule has 0 aromatic heterocycles. The van der Waals surface area contributed by atoms with Gasteiger partial charge in [0.25, 0.3) is 0 Å². The highest BCUT2D eigenvalue weighted by Crippen LogP contribution is 2.38. The van der Waals surface area contributed by atoms with Gasteiger partial charge in [0.2, 0.25) is 0 Å². The van der Waals surface area contributed by atoms with E-state index >= 15 is 0 Å². The summed E-state index contributed by atoms with van der Waals surface area (Å²) < 4.78 is 11.0. The summed E-state index contributed by atoms with van der Waals surface area (Å²) >= 11 is 6.17. The summed E-state index contributed by atoms with van der Waals surface area (Å²) in [5.74, 6) is 1.61. The molecule has 0 radical (unpaired) electrons. The molecule has 1 aliphatic rings. The minimum atomic E-state index is 0.605. The molecule has 1 N–H and O–H groups in total. The van der Waals surface area contributed by atoms with Gasteiger partial charge < -0.3 is 14.8 Å². The Labute approximate surface area is 133 Å². The Bertz CT molecular complexity index is 419. The van der Waals surface area contributed by atoms with Gasteiger partial charge in [0.1, 0.15) is 12.4 Å². The summed E-state index contributed by atoms with van der Waals surface area (Å²) in [6, 6.07) is 6.02. The van der Waals surface area contributed by atoms with Crippen LogP contribution in [0.3, 0.4) is 0 Å². The minimum Gasteiger partial charge on any atom is -0.492 e. The molecule has 1 aromatic rings. The van der Waals surface area contributed by atoms with Gasteiger partial charge in [-0.05, 0) is 42.5 Å². The van der Waals surface area contributed by atoms with Crippen LogP contribution in [0.2, 0.25) is 5.02 Å². The van der Waals surface area contributed by atoms with Crippen molar-refractivity contribution in [3.05, 3.63) is 28.8 Å². The molecule has 1 saturated carbocycles. The van der Waals surface area contributed by atoms with Crippen LogP contribution in [0, 0.1) is 0 Å². The molecule has 1 aliphatic carbocycles. The summed E-state index contributed by atoms with van der Waals surface area (Å²) in [4.78, 5) is 0. The zero-order valence-corrected chi connectivity index (χ0v) is 13.6. The molecule has 0 aliphatic heterocycles. The largest absolute Gasteiger partial charge is 0.492 e. The Morgan fingerprint density at radius 2 is 1.90 bits per heavy atom. The van der Waals surface area contributed by atoms with E-state index in [9.17, 15) is 0 Å². The Kier molecular flexibility index (Phi) is 7.34. The standard InChI is InChI=1S/C17H26ClNO2/c1-20-11-9-19-10-12-21-17-8-7-15(18)13-16(17)14-5-3-2-4-6-14/h7-8,13-14,19H,2-6,9-12H2,1H3. The van der Waals surface area contributed by atoms with Crippen molar-refractivity contribution >= 4 is 11.6 Å². The summed E-state index contributed by atoms with van der Waals surface area (Å²) in [6.07, 6.45) is 6.49. The highest BCUT2D eigenvalue weighted by molar-refractivity contribution is 6.30. The molecule has 4 heteroatoms. The number of benzene rings is 1. The molecular formula is C17H26ClNO2. The average Bonchev–Trinajstić information content (AvgIpc) is 2.53. The van der Waals surface area contributed by atoms with Gasteiger partial charge in [0, 0.05) is 25.2 Å². The molecule has 21 heavy (non-hydrogen) atoms. The van der Waals surface area contributed by atoms with Gasteiger partial charge in [-0.15, -0.1) is 0 Å². The second kappa shape index (κ2) is 9.29. The third-order valence-electron chi connectivity index (χ3n) is 4.04. The van der Waals surface area contributed by atoms with Crippen molar-refractivity contribution in [1.29, 1.82) is 0 Å². The Morgan fingerprint density at radius 1 is 1.14 bits per heavy atom. The van der Waals surface area contributed by atoms with Crippen LogP contribution < -0.4 is 10.1 Å². The zero-order chi connectivity index (χ0) is 14.9. The number of methoxy groups -OCH3 is 1. The lowest BCUT2D eigenvalue weighted by Crippen LogP contribution is -2.24. The monoisotopic (exact) mass is 311 g/mol. The molecule has 1 aromatic carbocycles. The summed E-state index contributed by atoms with van der Waals surface area (Å²) in [6.45, 7) is 3.09. The average molecular weight is 312 g/mol. The molecule has 2 rings (SSSR count). The zero-order valence-electron chi connectivity index (χ0n) is 12.9. The normalized spacial score (nSPS) is 16.1. The molecule has 0 bridgehead atoms. The van der Waals surface area contributed by atoms with E-state index in [4.69, 9.17) is 21.1 Å². The number of hydrogen-bond acceptors (Lipinski definition) is 3. The van der Waals surface area contributed by atoms with Crippen molar-refractivity contribution < 1.29 is 9.47 Å². The maximum absolute atomic E-state index is 6.17. The Morgan fingerprint density at radius 3 is 2.67 bits per heavy atom. The van der Waals surface area contributed by atoms with Crippen LogP contribution in [0.15, 0.2) is 18.2 Å². The molecule has 3 nitrogen and oxygen atoms in total.